The summed E-state index contributed by atoms with van der Waals surface area (Å²) in [5, 5.41) is 1.51. The highest BCUT2D eigenvalue weighted by atomic mass is 32.2. The lowest BCUT2D eigenvalue weighted by Gasteiger charge is -2.19. The van der Waals surface area contributed by atoms with Crippen LogP contribution >= 0.6 is 0 Å². The van der Waals surface area contributed by atoms with Gasteiger partial charge in [-0.1, -0.05) is 39.0 Å². The van der Waals surface area contributed by atoms with Crippen LogP contribution in [0.4, 0.5) is 5.69 Å². The van der Waals surface area contributed by atoms with Gasteiger partial charge < -0.3 is 5.73 Å². The molecule has 0 heterocycles. The molecule has 108 valence electrons. The molecule has 4 nitrogen and oxygen atoms in total. The molecule has 0 saturated carbocycles. The number of anilines is 1. The Balaban J connectivity index is 2.47. The van der Waals surface area contributed by atoms with Gasteiger partial charge in [-0.2, -0.15) is 0 Å². The molecule has 0 aliphatic rings. The fourth-order valence-corrected chi connectivity index (χ4v) is 3.41. The summed E-state index contributed by atoms with van der Waals surface area (Å²) in [6, 6.07) is 10.4. The van der Waals surface area contributed by atoms with Crippen molar-refractivity contribution in [2.24, 2.45) is 5.41 Å². The van der Waals surface area contributed by atoms with E-state index in [0.717, 1.165) is 5.39 Å². The van der Waals surface area contributed by atoms with E-state index in [-0.39, 0.29) is 5.41 Å². The summed E-state index contributed by atoms with van der Waals surface area (Å²) in [5.74, 6) is 0. The lowest BCUT2D eigenvalue weighted by molar-refractivity contribution is 0.408. The van der Waals surface area contributed by atoms with E-state index in [2.05, 4.69) is 4.72 Å². The highest BCUT2D eigenvalue weighted by molar-refractivity contribution is 7.89. The quantitative estimate of drug-likeness (QED) is 0.854. The molecule has 0 aromatic heterocycles. The Morgan fingerprint density at radius 2 is 1.85 bits per heavy atom. The summed E-state index contributed by atoms with van der Waals surface area (Å²) < 4.78 is 27.5. The average molecular weight is 292 g/mol. The standard InChI is InChI=1S/C15H20N2O2S/c1-15(2,3)10-17-20(18,19)14-6-4-5-11-9-12(16)7-8-13(11)14/h4-9,17H,10,16H2,1-3H3. The number of hydrogen-bond acceptors (Lipinski definition) is 3. The predicted molar refractivity (Wildman–Crippen MR) is 83.0 cm³/mol. The van der Waals surface area contributed by atoms with Crippen LogP contribution in [0, 0.1) is 5.41 Å². The first-order valence-corrected chi connectivity index (χ1v) is 7.95. The van der Waals surface area contributed by atoms with E-state index in [1.165, 1.54) is 0 Å². The summed E-state index contributed by atoms with van der Waals surface area (Å²) in [4.78, 5) is 0.291. The SMILES string of the molecule is CC(C)(C)CNS(=O)(=O)c1cccc2cc(N)ccc12. The van der Waals surface area contributed by atoms with Gasteiger partial charge in [-0.25, -0.2) is 13.1 Å². The van der Waals surface area contributed by atoms with Crippen LogP contribution in [0.25, 0.3) is 10.8 Å². The van der Waals surface area contributed by atoms with E-state index >= 15 is 0 Å². The monoisotopic (exact) mass is 292 g/mol. The van der Waals surface area contributed by atoms with Crippen molar-refractivity contribution in [1.29, 1.82) is 0 Å². The van der Waals surface area contributed by atoms with E-state index in [4.69, 9.17) is 5.73 Å². The van der Waals surface area contributed by atoms with Crippen LogP contribution in [-0.2, 0) is 10.0 Å². The normalized spacial score (nSPS) is 12.8. The fraction of sp³-hybridized carbons (Fsp3) is 0.333. The van der Waals surface area contributed by atoms with E-state index in [9.17, 15) is 8.42 Å². The molecule has 0 radical (unpaired) electrons. The first-order chi connectivity index (χ1) is 9.19. The Bertz CT molecular complexity index is 731. The third-order valence-corrected chi connectivity index (χ3v) is 4.41. The van der Waals surface area contributed by atoms with Gasteiger partial charge in [0.05, 0.1) is 4.90 Å². The van der Waals surface area contributed by atoms with Crippen LogP contribution < -0.4 is 10.5 Å². The molecule has 0 aliphatic carbocycles. The highest BCUT2D eigenvalue weighted by Crippen LogP contribution is 2.25. The molecule has 0 unspecified atom stereocenters. The van der Waals surface area contributed by atoms with E-state index in [1.807, 2.05) is 26.8 Å². The molecule has 2 rings (SSSR count). The maximum atomic E-state index is 12.4. The molecule has 5 heteroatoms. The van der Waals surface area contributed by atoms with Gasteiger partial charge in [0.2, 0.25) is 10.0 Å². The molecule has 2 aromatic rings. The number of hydrogen-bond donors (Lipinski definition) is 2. The largest absolute Gasteiger partial charge is 0.399 e. The van der Waals surface area contributed by atoms with Gasteiger partial charge in [0, 0.05) is 17.6 Å². The Hall–Kier alpha value is -1.59. The number of nitrogens with two attached hydrogens (primary N) is 1. The molecular formula is C15H20N2O2S. The second kappa shape index (κ2) is 5.07. The van der Waals surface area contributed by atoms with Crippen molar-refractivity contribution in [2.75, 3.05) is 12.3 Å². The van der Waals surface area contributed by atoms with Gasteiger partial charge in [-0.05, 0) is 29.0 Å². The van der Waals surface area contributed by atoms with Crippen LogP contribution in [0.5, 0.6) is 0 Å². The summed E-state index contributed by atoms with van der Waals surface area (Å²) in [6.45, 7) is 6.35. The van der Waals surface area contributed by atoms with Crippen molar-refractivity contribution < 1.29 is 8.42 Å². The topological polar surface area (TPSA) is 72.2 Å². The second-order valence-corrected chi connectivity index (χ2v) is 7.86. The van der Waals surface area contributed by atoms with Crippen molar-refractivity contribution in [2.45, 2.75) is 25.7 Å². The Labute approximate surface area is 120 Å². The van der Waals surface area contributed by atoms with E-state index in [0.29, 0.717) is 22.5 Å². The zero-order valence-electron chi connectivity index (χ0n) is 12.0. The molecule has 0 saturated heterocycles. The number of sulfonamides is 1. The average Bonchev–Trinajstić information content (AvgIpc) is 2.34. The summed E-state index contributed by atoms with van der Waals surface area (Å²) in [7, 11) is -3.52. The number of rotatable bonds is 3. The molecular weight excluding hydrogens is 272 g/mol. The molecule has 3 N–H and O–H groups in total. The summed E-state index contributed by atoms with van der Waals surface area (Å²) in [6.07, 6.45) is 0. The molecule has 0 amide bonds. The Morgan fingerprint density at radius 1 is 1.15 bits per heavy atom. The minimum Gasteiger partial charge on any atom is -0.399 e. The Kier molecular flexibility index (Phi) is 3.75. The van der Waals surface area contributed by atoms with Crippen LogP contribution in [0.2, 0.25) is 0 Å². The fourth-order valence-electron chi connectivity index (χ4n) is 1.90. The van der Waals surface area contributed by atoms with Crippen molar-refractivity contribution in [3.05, 3.63) is 36.4 Å². The molecule has 0 bridgehead atoms. The van der Waals surface area contributed by atoms with Gasteiger partial charge in [0.15, 0.2) is 0 Å². The van der Waals surface area contributed by atoms with Crippen LogP contribution in [0.15, 0.2) is 41.3 Å². The summed E-state index contributed by atoms with van der Waals surface area (Å²) >= 11 is 0. The highest BCUT2D eigenvalue weighted by Gasteiger charge is 2.20. The molecule has 0 atom stereocenters. The third-order valence-electron chi connectivity index (χ3n) is 2.95. The van der Waals surface area contributed by atoms with E-state index < -0.39 is 10.0 Å². The van der Waals surface area contributed by atoms with Crippen molar-refractivity contribution in [1.82, 2.24) is 4.72 Å². The number of nitrogen functional groups attached to an aromatic ring is 1. The van der Waals surface area contributed by atoms with Gasteiger partial charge in [0.25, 0.3) is 0 Å². The summed E-state index contributed by atoms with van der Waals surface area (Å²) in [5.41, 5.74) is 6.24. The van der Waals surface area contributed by atoms with Gasteiger partial charge in [0.1, 0.15) is 0 Å². The van der Waals surface area contributed by atoms with Crippen molar-refractivity contribution in [3.63, 3.8) is 0 Å². The molecule has 20 heavy (non-hydrogen) atoms. The van der Waals surface area contributed by atoms with Crippen molar-refractivity contribution in [3.8, 4) is 0 Å². The molecule has 0 fully saturated rings. The second-order valence-electron chi connectivity index (χ2n) is 6.12. The zero-order chi connectivity index (χ0) is 15.0. The first-order valence-electron chi connectivity index (χ1n) is 6.47. The van der Waals surface area contributed by atoms with Crippen LogP contribution in [0.3, 0.4) is 0 Å². The minimum absolute atomic E-state index is 0.109. The zero-order valence-corrected chi connectivity index (χ0v) is 12.8. The molecule has 0 aliphatic heterocycles. The molecule has 2 aromatic carbocycles. The first kappa shape index (κ1) is 14.8. The van der Waals surface area contributed by atoms with Gasteiger partial charge in [-0.15, -0.1) is 0 Å². The van der Waals surface area contributed by atoms with Gasteiger partial charge >= 0.3 is 0 Å². The van der Waals surface area contributed by atoms with Gasteiger partial charge in [-0.3, -0.25) is 0 Å². The number of benzene rings is 2. The molecule has 0 spiro atoms. The van der Waals surface area contributed by atoms with E-state index in [1.54, 1.807) is 30.3 Å². The number of nitrogens with one attached hydrogen (secondary N) is 1. The minimum atomic E-state index is -3.52. The van der Waals surface area contributed by atoms with Crippen LogP contribution in [-0.4, -0.2) is 15.0 Å². The smallest absolute Gasteiger partial charge is 0.241 e. The maximum absolute atomic E-state index is 12.4. The Morgan fingerprint density at radius 3 is 2.50 bits per heavy atom. The van der Waals surface area contributed by atoms with Crippen molar-refractivity contribution >= 4 is 26.5 Å². The predicted octanol–water partition coefficient (Wildman–Crippen LogP) is 2.75. The number of fused-ring (bicyclic) bond motifs is 1. The lowest BCUT2D eigenvalue weighted by Crippen LogP contribution is -2.32. The maximum Gasteiger partial charge on any atom is 0.241 e. The van der Waals surface area contributed by atoms with Crippen LogP contribution in [0.1, 0.15) is 20.8 Å². The third kappa shape index (κ3) is 3.29. The lowest BCUT2D eigenvalue weighted by atomic mass is 9.98.